The molecule has 3 nitrogen and oxygen atoms in total. The molecule has 3 heteroatoms. The minimum atomic E-state index is 0.801. The first-order valence-corrected chi connectivity index (χ1v) is 8.04. The molecule has 1 aromatic rings. The summed E-state index contributed by atoms with van der Waals surface area (Å²) in [7, 11) is 0. The molecule has 1 aliphatic carbocycles. The molecule has 1 atom stereocenters. The molecule has 0 bridgehead atoms. The van der Waals surface area contributed by atoms with E-state index >= 15 is 0 Å². The standard InChI is InChI=1S/C17H26N2O/c1-2-5-17(6-3-1)20-12-4-10-18-13-15-9-11-19(14-15)16-7-8-16/h1-3,5-6,15-16,18H,4,7-14H2. The average molecular weight is 274 g/mol. The van der Waals surface area contributed by atoms with E-state index in [2.05, 4.69) is 10.2 Å². The van der Waals surface area contributed by atoms with Gasteiger partial charge in [-0.15, -0.1) is 0 Å². The molecule has 1 saturated carbocycles. The summed E-state index contributed by atoms with van der Waals surface area (Å²) >= 11 is 0. The van der Waals surface area contributed by atoms with Crippen LogP contribution >= 0.6 is 0 Å². The van der Waals surface area contributed by atoms with Crippen LogP contribution in [-0.4, -0.2) is 43.7 Å². The molecule has 1 aliphatic heterocycles. The minimum absolute atomic E-state index is 0.801. The van der Waals surface area contributed by atoms with Crippen molar-refractivity contribution in [3.05, 3.63) is 30.3 Å². The lowest BCUT2D eigenvalue weighted by molar-refractivity contribution is 0.300. The van der Waals surface area contributed by atoms with Crippen LogP contribution in [0.4, 0.5) is 0 Å². The van der Waals surface area contributed by atoms with Gasteiger partial charge >= 0.3 is 0 Å². The van der Waals surface area contributed by atoms with Crippen LogP contribution in [0.5, 0.6) is 5.75 Å². The van der Waals surface area contributed by atoms with Gasteiger partial charge in [-0.05, 0) is 63.4 Å². The highest BCUT2D eigenvalue weighted by Gasteiger charge is 2.33. The van der Waals surface area contributed by atoms with Crippen molar-refractivity contribution in [2.24, 2.45) is 5.92 Å². The first-order chi connectivity index (χ1) is 9.92. The quantitative estimate of drug-likeness (QED) is 0.737. The smallest absolute Gasteiger partial charge is 0.119 e. The third-order valence-electron chi connectivity index (χ3n) is 4.32. The zero-order chi connectivity index (χ0) is 13.6. The van der Waals surface area contributed by atoms with Crippen LogP contribution in [0.3, 0.4) is 0 Å². The second kappa shape index (κ2) is 7.09. The van der Waals surface area contributed by atoms with Crippen LogP contribution in [0.15, 0.2) is 30.3 Å². The van der Waals surface area contributed by atoms with Gasteiger partial charge in [0, 0.05) is 12.6 Å². The summed E-state index contributed by atoms with van der Waals surface area (Å²) in [6, 6.07) is 11.0. The van der Waals surface area contributed by atoms with Gasteiger partial charge in [0.05, 0.1) is 6.61 Å². The van der Waals surface area contributed by atoms with Crippen molar-refractivity contribution in [2.75, 3.05) is 32.8 Å². The van der Waals surface area contributed by atoms with Crippen LogP contribution in [-0.2, 0) is 0 Å². The van der Waals surface area contributed by atoms with Gasteiger partial charge in [0.2, 0.25) is 0 Å². The maximum absolute atomic E-state index is 5.69. The Morgan fingerprint density at radius 2 is 2.00 bits per heavy atom. The molecule has 110 valence electrons. The molecule has 1 heterocycles. The molecular formula is C17H26N2O. The third kappa shape index (κ3) is 4.22. The van der Waals surface area contributed by atoms with Gasteiger partial charge in [-0.2, -0.15) is 0 Å². The molecule has 1 saturated heterocycles. The van der Waals surface area contributed by atoms with E-state index in [0.717, 1.165) is 37.3 Å². The Hall–Kier alpha value is -1.06. The largest absolute Gasteiger partial charge is 0.494 e. The molecule has 1 aromatic carbocycles. The number of hydrogen-bond donors (Lipinski definition) is 1. The molecule has 2 aliphatic rings. The van der Waals surface area contributed by atoms with E-state index in [1.807, 2.05) is 30.3 Å². The van der Waals surface area contributed by atoms with E-state index in [4.69, 9.17) is 4.74 Å². The first-order valence-electron chi connectivity index (χ1n) is 8.04. The molecule has 0 radical (unpaired) electrons. The van der Waals surface area contributed by atoms with Gasteiger partial charge in [-0.25, -0.2) is 0 Å². The number of hydrogen-bond acceptors (Lipinski definition) is 3. The lowest BCUT2D eigenvalue weighted by Crippen LogP contribution is -2.28. The second-order valence-electron chi connectivity index (χ2n) is 6.10. The summed E-state index contributed by atoms with van der Waals surface area (Å²) in [6.45, 7) is 5.68. The summed E-state index contributed by atoms with van der Waals surface area (Å²) in [6.07, 6.45) is 5.34. The summed E-state index contributed by atoms with van der Waals surface area (Å²) < 4.78 is 5.69. The van der Waals surface area contributed by atoms with Crippen LogP contribution in [0.25, 0.3) is 0 Å². The Morgan fingerprint density at radius 1 is 1.15 bits per heavy atom. The summed E-state index contributed by atoms with van der Waals surface area (Å²) in [5.74, 6) is 1.84. The fourth-order valence-electron chi connectivity index (χ4n) is 3.01. The average Bonchev–Trinajstić information content (AvgIpc) is 3.23. The van der Waals surface area contributed by atoms with Gasteiger partial charge in [-0.1, -0.05) is 18.2 Å². The number of nitrogens with one attached hydrogen (secondary N) is 1. The maximum Gasteiger partial charge on any atom is 0.119 e. The molecule has 20 heavy (non-hydrogen) atoms. The van der Waals surface area contributed by atoms with Crippen LogP contribution in [0.2, 0.25) is 0 Å². The van der Waals surface area contributed by atoms with E-state index in [-0.39, 0.29) is 0 Å². The van der Waals surface area contributed by atoms with Crippen LogP contribution < -0.4 is 10.1 Å². The normalized spacial score (nSPS) is 23.1. The maximum atomic E-state index is 5.69. The highest BCUT2D eigenvalue weighted by atomic mass is 16.5. The van der Waals surface area contributed by atoms with Crippen molar-refractivity contribution in [3.63, 3.8) is 0 Å². The lowest BCUT2D eigenvalue weighted by Gasteiger charge is -2.15. The van der Waals surface area contributed by atoms with Crippen molar-refractivity contribution < 1.29 is 4.74 Å². The van der Waals surface area contributed by atoms with E-state index in [9.17, 15) is 0 Å². The van der Waals surface area contributed by atoms with E-state index in [1.165, 1.54) is 38.9 Å². The number of benzene rings is 1. The second-order valence-corrected chi connectivity index (χ2v) is 6.10. The fraction of sp³-hybridized carbons (Fsp3) is 0.647. The predicted octanol–water partition coefficient (Wildman–Crippen LogP) is 2.53. The Labute approximate surface area is 122 Å². The number of rotatable bonds is 8. The highest BCUT2D eigenvalue weighted by Crippen LogP contribution is 2.31. The van der Waals surface area contributed by atoms with Gasteiger partial charge in [0.1, 0.15) is 5.75 Å². The zero-order valence-electron chi connectivity index (χ0n) is 12.3. The molecule has 0 aromatic heterocycles. The zero-order valence-corrected chi connectivity index (χ0v) is 12.3. The van der Waals surface area contributed by atoms with Crippen molar-refractivity contribution in [1.82, 2.24) is 10.2 Å². The van der Waals surface area contributed by atoms with Crippen LogP contribution in [0, 0.1) is 5.92 Å². The van der Waals surface area contributed by atoms with Gasteiger partial charge in [0.25, 0.3) is 0 Å². The lowest BCUT2D eigenvalue weighted by atomic mass is 10.1. The minimum Gasteiger partial charge on any atom is -0.494 e. The number of para-hydroxylation sites is 1. The van der Waals surface area contributed by atoms with Gasteiger partial charge in [-0.3, -0.25) is 0 Å². The topological polar surface area (TPSA) is 24.5 Å². The molecule has 2 fully saturated rings. The van der Waals surface area contributed by atoms with Crippen molar-refractivity contribution in [3.8, 4) is 5.75 Å². The molecule has 1 unspecified atom stereocenters. The number of nitrogens with zero attached hydrogens (tertiary/aromatic N) is 1. The number of likely N-dealkylation sites (tertiary alicyclic amines) is 1. The Bertz CT molecular complexity index is 391. The van der Waals surface area contributed by atoms with E-state index < -0.39 is 0 Å². The third-order valence-corrected chi connectivity index (χ3v) is 4.32. The fourth-order valence-corrected chi connectivity index (χ4v) is 3.01. The van der Waals surface area contributed by atoms with Crippen molar-refractivity contribution >= 4 is 0 Å². The van der Waals surface area contributed by atoms with Gasteiger partial charge in [0.15, 0.2) is 0 Å². The van der Waals surface area contributed by atoms with Crippen LogP contribution in [0.1, 0.15) is 25.7 Å². The predicted molar refractivity (Wildman–Crippen MR) is 82.1 cm³/mol. The Balaban J connectivity index is 1.21. The summed E-state index contributed by atoms with van der Waals surface area (Å²) in [5.41, 5.74) is 0. The molecule has 0 amide bonds. The monoisotopic (exact) mass is 274 g/mol. The Kier molecular flexibility index (Phi) is 4.93. The van der Waals surface area contributed by atoms with Crippen molar-refractivity contribution in [1.29, 1.82) is 0 Å². The Morgan fingerprint density at radius 3 is 2.80 bits per heavy atom. The SMILES string of the molecule is c1ccc(OCCCNCC2CCN(C3CC3)C2)cc1. The first kappa shape index (κ1) is 13.9. The summed E-state index contributed by atoms with van der Waals surface area (Å²) in [5, 5.41) is 3.59. The molecular weight excluding hydrogens is 248 g/mol. The van der Waals surface area contributed by atoms with E-state index in [0.29, 0.717) is 0 Å². The van der Waals surface area contributed by atoms with Crippen molar-refractivity contribution in [2.45, 2.75) is 31.7 Å². The number of ether oxygens (including phenoxy) is 1. The highest BCUT2D eigenvalue weighted by molar-refractivity contribution is 5.20. The molecule has 1 N–H and O–H groups in total. The molecule has 0 spiro atoms. The summed E-state index contributed by atoms with van der Waals surface area (Å²) in [4.78, 5) is 2.69. The van der Waals surface area contributed by atoms with E-state index in [1.54, 1.807) is 0 Å². The molecule has 3 rings (SSSR count). The van der Waals surface area contributed by atoms with Gasteiger partial charge < -0.3 is 15.0 Å².